The first-order valence-corrected chi connectivity index (χ1v) is 7.13. The molecule has 0 saturated heterocycles. The van der Waals surface area contributed by atoms with E-state index in [9.17, 15) is 0 Å². The van der Waals surface area contributed by atoms with Crippen molar-refractivity contribution in [2.24, 2.45) is 0 Å². The zero-order valence-corrected chi connectivity index (χ0v) is 12.0. The van der Waals surface area contributed by atoms with Crippen LogP contribution in [0.3, 0.4) is 0 Å². The lowest BCUT2D eigenvalue weighted by atomic mass is 10.0. The first-order valence-electron chi connectivity index (χ1n) is 7.13. The predicted molar refractivity (Wildman–Crippen MR) is 79.2 cm³/mol. The van der Waals surface area contributed by atoms with E-state index in [1.165, 1.54) is 34.6 Å². The smallest absolute Gasteiger partial charge is 0.0653 e. The molecule has 3 rings (SSSR count). The molecule has 0 atom stereocenters. The fraction of sp³-hybridized carbons (Fsp3) is 0.438. The molecule has 1 aliphatic heterocycles. The van der Waals surface area contributed by atoms with Crippen LogP contribution >= 0.6 is 0 Å². The van der Waals surface area contributed by atoms with Crippen molar-refractivity contribution in [1.29, 1.82) is 0 Å². The van der Waals surface area contributed by atoms with Gasteiger partial charge in [-0.2, -0.15) is 5.10 Å². The molecule has 3 nitrogen and oxygen atoms in total. The summed E-state index contributed by atoms with van der Waals surface area (Å²) in [6.45, 7) is 7.54. The number of benzene rings is 1. The highest BCUT2D eigenvalue weighted by Gasteiger charge is 2.14. The van der Waals surface area contributed by atoms with E-state index in [2.05, 4.69) is 49.0 Å². The molecule has 1 N–H and O–H groups in total. The number of hydrogen-bond acceptors (Lipinski definition) is 2. The zero-order valence-electron chi connectivity index (χ0n) is 12.0. The third-order valence-electron chi connectivity index (χ3n) is 4.07. The van der Waals surface area contributed by atoms with Gasteiger partial charge in [0, 0.05) is 17.9 Å². The van der Waals surface area contributed by atoms with Gasteiger partial charge in [-0.3, -0.25) is 0 Å². The minimum Gasteiger partial charge on any atom is -0.385 e. The van der Waals surface area contributed by atoms with Gasteiger partial charge in [0.05, 0.1) is 11.4 Å². The molecule has 0 radical (unpaired) electrons. The molecule has 0 fully saturated rings. The molecular weight excluding hydrogens is 234 g/mol. The largest absolute Gasteiger partial charge is 0.385 e. The summed E-state index contributed by atoms with van der Waals surface area (Å²) >= 11 is 0. The molecule has 0 spiro atoms. The topological polar surface area (TPSA) is 29.9 Å². The molecule has 1 aromatic heterocycles. The summed E-state index contributed by atoms with van der Waals surface area (Å²) in [7, 11) is 0. The number of fused-ring (bicyclic) bond motifs is 1. The van der Waals surface area contributed by atoms with Crippen LogP contribution in [0, 0.1) is 13.8 Å². The standard InChI is InChI=1S/C16H21N3/c1-4-15-11(2)18-19(12(15)3)14-7-8-16-13(10-14)6-5-9-17-16/h7-8,10,17H,4-6,9H2,1-3H3. The predicted octanol–water partition coefficient (Wildman–Crippen LogP) is 3.41. The van der Waals surface area contributed by atoms with Gasteiger partial charge in [-0.05, 0) is 62.4 Å². The van der Waals surface area contributed by atoms with E-state index >= 15 is 0 Å². The highest BCUT2D eigenvalue weighted by molar-refractivity contribution is 5.57. The second kappa shape index (κ2) is 4.72. The summed E-state index contributed by atoms with van der Waals surface area (Å²) in [5.41, 5.74) is 7.67. The van der Waals surface area contributed by atoms with Gasteiger partial charge in [-0.1, -0.05) is 6.92 Å². The van der Waals surface area contributed by atoms with Crippen LogP contribution in [0.2, 0.25) is 0 Å². The average molecular weight is 255 g/mol. The summed E-state index contributed by atoms with van der Waals surface area (Å²) in [6.07, 6.45) is 3.42. The highest BCUT2D eigenvalue weighted by atomic mass is 15.3. The zero-order chi connectivity index (χ0) is 13.4. The average Bonchev–Trinajstić information content (AvgIpc) is 2.73. The molecule has 19 heavy (non-hydrogen) atoms. The number of aromatic nitrogens is 2. The van der Waals surface area contributed by atoms with Crippen LogP contribution in [0.25, 0.3) is 5.69 Å². The van der Waals surface area contributed by atoms with Crippen molar-refractivity contribution in [3.63, 3.8) is 0 Å². The monoisotopic (exact) mass is 255 g/mol. The summed E-state index contributed by atoms with van der Waals surface area (Å²) in [5, 5.41) is 8.15. The highest BCUT2D eigenvalue weighted by Crippen LogP contribution is 2.26. The van der Waals surface area contributed by atoms with Gasteiger partial charge < -0.3 is 5.32 Å². The number of anilines is 1. The van der Waals surface area contributed by atoms with Crippen LogP contribution in [0.15, 0.2) is 18.2 Å². The summed E-state index contributed by atoms with van der Waals surface area (Å²) < 4.78 is 2.09. The van der Waals surface area contributed by atoms with Crippen molar-refractivity contribution < 1.29 is 0 Å². The summed E-state index contributed by atoms with van der Waals surface area (Å²) in [5.74, 6) is 0. The lowest BCUT2D eigenvalue weighted by Crippen LogP contribution is -2.12. The molecule has 0 unspecified atom stereocenters. The molecule has 1 aromatic carbocycles. The third-order valence-corrected chi connectivity index (χ3v) is 4.07. The molecule has 0 amide bonds. The van der Waals surface area contributed by atoms with Crippen molar-refractivity contribution in [2.75, 3.05) is 11.9 Å². The number of nitrogens with zero attached hydrogens (tertiary/aromatic N) is 2. The molecule has 1 aliphatic rings. The molecule has 0 saturated carbocycles. The maximum absolute atomic E-state index is 4.70. The fourth-order valence-electron chi connectivity index (χ4n) is 3.03. The Morgan fingerprint density at radius 1 is 1.32 bits per heavy atom. The van der Waals surface area contributed by atoms with E-state index in [-0.39, 0.29) is 0 Å². The van der Waals surface area contributed by atoms with Gasteiger partial charge in [0.15, 0.2) is 0 Å². The Kier molecular flexibility index (Phi) is 3.05. The second-order valence-corrected chi connectivity index (χ2v) is 5.29. The van der Waals surface area contributed by atoms with Crippen LogP contribution in [-0.4, -0.2) is 16.3 Å². The van der Waals surface area contributed by atoms with Gasteiger partial charge in [-0.25, -0.2) is 4.68 Å². The number of hydrogen-bond donors (Lipinski definition) is 1. The number of aryl methyl sites for hydroxylation is 2. The van der Waals surface area contributed by atoms with Crippen molar-refractivity contribution in [2.45, 2.75) is 40.0 Å². The molecule has 2 aromatic rings. The van der Waals surface area contributed by atoms with Crippen molar-refractivity contribution in [1.82, 2.24) is 9.78 Å². The van der Waals surface area contributed by atoms with E-state index in [1.54, 1.807) is 0 Å². The Balaban J connectivity index is 2.07. The third kappa shape index (κ3) is 2.03. The SMILES string of the molecule is CCc1c(C)nn(-c2ccc3c(c2)CCCN3)c1C. The van der Waals surface area contributed by atoms with Crippen LogP contribution in [0.5, 0.6) is 0 Å². The lowest BCUT2D eigenvalue weighted by Gasteiger charge is -2.19. The molecule has 3 heteroatoms. The number of nitrogens with one attached hydrogen (secondary N) is 1. The fourth-order valence-corrected chi connectivity index (χ4v) is 3.03. The molecular formula is C16H21N3. The first-order chi connectivity index (χ1) is 9.20. The summed E-state index contributed by atoms with van der Waals surface area (Å²) in [4.78, 5) is 0. The lowest BCUT2D eigenvalue weighted by molar-refractivity contribution is 0.808. The van der Waals surface area contributed by atoms with Gasteiger partial charge in [0.2, 0.25) is 0 Å². The van der Waals surface area contributed by atoms with E-state index < -0.39 is 0 Å². The van der Waals surface area contributed by atoms with Crippen LogP contribution < -0.4 is 5.32 Å². The number of rotatable bonds is 2. The van der Waals surface area contributed by atoms with Gasteiger partial charge in [0.25, 0.3) is 0 Å². The molecule has 100 valence electrons. The molecule has 2 heterocycles. The van der Waals surface area contributed by atoms with E-state index in [4.69, 9.17) is 5.10 Å². The minimum absolute atomic E-state index is 1.05. The van der Waals surface area contributed by atoms with E-state index in [0.717, 1.165) is 25.1 Å². The Morgan fingerprint density at radius 2 is 2.16 bits per heavy atom. The van der Waals surface area contributed by atoms with Gasteiger partial charge in [0.1, 0.15) is 0 Å². The van der Waals surface area contributed by atoms with Gasteiger partial charge in [-0.15, -0.1) is 0 Å². The maximum atomic E-state index is 4.70. The Labute approximate surface area is 114 Å². The van der Waals surface area contributed by atoms with Crippen LogP contribution in [0.4, 0.5) is 5.69 Å². The van der Waals surface area contributed by atoms with Crippen molar-refractivity contribution in [3.8, 4) is 5.69 Å². The van der Waals surface area contributed by atoms with Crippen molar-refractivity contribution >= 4 is 5.69 Å². The van der Waals surface area contributed by atoms with E-state index in [1.807, 2.05) is 0 Å². The Hall–Kier alpha value is -1.77. The van der Waals surface area contributed by atoms with Gasteiger partial charge >= 0.3 is 0 Å². The van der Waals surface area contributed by atoms with E-state index in [0.29, 0.717) is 0 Å². The Morgan fingerprint density at radius 3 is 2.89 bits per heavy atom. The maximum Gasteiger partial charge on any atom is 0.0653 e. The molecule has 0 aliphatic carbocycles. The van der Waals surface area contributed by atoms with Crippen molar-refractivity contribution in [3.05, 3.63) is 40.7 Å². The van der Waals surface area contributed by atoms with Crippen LogP contribution in [-0.2, 0) is 12.8 Å². The first kappa shape index (κ1) is 12.3. The second-order valence-electron chi connectivity index (χ2n) is 5.29. The summed E-state index contributed by atoms with van der Waals surface area (Å²) in [6, 6.07) is 6.63. The quantitative estimate of drug-likeness (QED) is 0.891. The van der Waals surface area contributed by atoms with Crippen LogP contribution in [0.1, 0.15) is 35.9 Å². The Bertz CT molecular complexity index is 611. The minimum atomic E-state index is 1.05. The normalized spacial score (nSPS) is 14.1. The molecule has 0 bridgehead atoms.